The molecule has 0 unspecified atom stereocenters. The van der Waals surface area contributed by atoms with Crippen molar-refractivity contribution in [3.63, 3.8) is 0 Å². The Labute approximate surface area is 228 Å². The number of rotatable bonds is 6. The third-order valence-electron chi connectivity index (χ3n) is 6.74. The van der Waals surface area contributed by atoms with Gasteiger partial charge in [0.05, 0.1) is 30.4 Å². The molecule has 4 heterocycles. The van der Waals surface area contributed by atoms with Crippen molar-refractivity contribution in [2.45, 2.75) is 37.9 Å². The molecule has 1 saturated carbocycles. The van der Waals surface area contributed by atoms with Crippen molar-refractivity contribution in [3.8, 4) is 28.7 Å². The fourth-order valence-electron chi connectivity index (χ4n) is 4.58. The first-order valence-electron chi connectivity index (χ1n) is 12.0. The van der Waals surface area contributed by atoms with Crippen LogP contribution in [0.3, 0.4) is 0 Å². The lowest BCUT2D eigenvalue weighted by atomic mass is 10.1. The smallest absolute Gasteiger partial charge is 0.434 e. The van der Waals surface area contributed by atoms with Gasteiger partial charge in [-0.25, -0.2) is 29.6 Å². The van der Waals surface area contributed by atoms with Gasteiger partial charge in [0.1, 0.15) is 17.7 Å². The number of ether oxygens (including phenoxy) is 1. The summed E-state index contributed by atoms with van der Waals surface area (Å²) >= 11 is 0. The SMILES string of the molecule is COc1ncnc(C2CC2)c1-c1ncc2cnn([C@@H](C)c3ccc(-c4nc(C(F)(F)F)cn4C)cc3)c2n1.S. The number of aryl methyl sites for hydroxylation is 1. The highest BCUT2D eigenvalue weighted by Gasteiger charge is 2.35. The Bertz CT molecular complexity index is 1640. The minimum Gasteiger partial charge on any atom is -0.480 e. The van der Waals surface area contributed by atoms with Crippen molar-refractivity contribution < 1.29 is 17.9 Å². The lowest BCUT2D eigenvalue weighted by Crippen LogP contribution is -2.10. The Hall–Kier alpha value is -4.00. The molecular formula is C26H25F3N8OS. The van der Waals surface area contributed by atoms with Crippen LogP contribution in [0.15, 0.2) is 49.2 Å². The summed E-state index contributed by atoms with van der Waals surface area (Å²) in [6.45, 7) is 1.98. The van der Waals surface area contributed by atoms with Gasteiger partial charge in [0.25, 0.3) is 0 Å². The lowest BCUT2D eigenvalue weighted by molar-refractivity contribution is -0.140. The zero-order chi connectivity index (χ0) is 26.6. The van der Waals surface area contributed by atoms with Gasteiger partial charge in [-0.1, -0.05) is 24.3 Å². The van der Waals surface area contributed by atoms with Crippen LogP contribution in [-0.2, 0) is 13.2 Å². The van der Waals surface area contributed by atoms with Gasteiger partial charge in [0.2, 0.25) is 5.88 Å². The summed E-state index contributed by atoms with van der Waals surface area (Å²) in [5, 5.41) is 5.33. The number of imidazole rings is 1. The number of benzene rings is 1. The molecule has 1 aliphatic carbocycles. The minimum absolute atomic E-state index is 0. The quantitative estimate of drug-likeness (QED) is 0.281. The van der Waals surface area contributed by atoms with Crippen LogP contribution in [0.4, 0.5) is 13.2 Å². The third-order valence-corrected chi connectivity index (χ3v) is 6.74. The molecule has 202 valence electrons. The molecule has 1 atom stereocenters. The van der Waals surface area contributed by atoms with E-state index in [1.54, 1.807) is 43.4 Å². The Morgan fingerprint density at radius 3 is 2.41 bits per heavy atom. The van der Waals surface area contributed by atoms with Gasteiger partial charge in [-0.3, -0.25) is 0 Å². The van der Waals surface area contributed by atoms with E-state index in [1.807, 2.05) is 19.1 Å². The monoisotopic (exact) mass is 554 g/mol. The molecule has 1 aliphatic rings. The molecular weight excluding hydrogens is 529 g/mol. The van der Waals surface area contributed by atoms with Gasteiger partial charge in [-0.15, -0.1) is 0 Å². The van der Waals surface area contributed by atoms with Gasteiger partial charge in [-0.2, -0.15) is 31.8 Å². The van der Waals surface area contributed by atoms with Gasteiger partial charge in [0, 0.05) is 30.9 Å². The normalized spacial score (nSPS) is 14.3. The minimum atomic E-state index is -4.50. The molecule has 1 fully saturated rings. The highest BCUT2D eigenvalue weighted by atomic mass is 32.1. The zero-order valence-electron chi connectivity index (χ0n) is 21.3. The number of methoxy groups -OCH3 is 1. The van der Waals surface area contributed by atoms with E-state index in [4.69, 9.17) is 9.72 Å². The number of nitrogens with zero attached hydrogens (tertiary/aromatic N) is 8. The van der Waals surface area contributed by atoms with Crippen LogP contribution in [0.5, 0.6) is 5.88 Å². The molecule has 4 aromatic heterocycles. The molecule has 0 spiro atoms. The molecule has 0 N–H and O–H groups in total. The molecule has 0 bridgehead atoms. The number of hydrogen-bond donors (Lipinski definition) is 0. The molecule has 0 aliphatic heterocycles. The lowest BCUT2D eigenvalue weighted by Gasteiger charge is -2.15. The fraction of sp³-hybridized carbons (Fsp3) is 0.308. The molecule has 39 heavy (non-hydrogen) atoms. The molecule has 13 heteroatoms. The maximum atomic E-state index is 13.1. The molecule has 6 rings (SSSR count). The summed E-state index contributed by atoms with van der Waals surface area (Å²) in [6.07, 6.45) is 3.52. The predicted molar refractivity (Wildman–Crippen MR) is 143 cm³/mol. The molecule has 0 radical (unpaired) electrons. The summed E-state index contributed by atoms with van der Waals surface area (Å²) in [6, 6.07) is 7.02. The number of fused-ring (bicyclic) bond motifs is 1. The first-order chi connectivity index (χ1) is 18.2. The Morgan fingerprint density at radius 2 is 1.77 bits per heavy atom. The van der Waals surface area contributed by atoms with E-state index in [0.717, 1.165) is 35.7 Å². The van der Waals surface area contributed by atoms with E-state index in [1.165, 1.54) is 10.9 Å². The second kappa shape index (κ2) is 9.95. The molecule has 5 aromatic rings. The van der Waals surface area contributed by atoms with Crippen LogP contribution < -0.4 is 4.74 Å². The van der Waals surface area contributed by atoms with Gasteiger partial charge < -0.3 is 9.30 Å². The van der Waals surface area contributed by atoms with Crippen LogP contribution in [0.25, 0.3) is 33.8 Å². The van der Waals surface area contributed by atoms with Crippen molar-refractivity contribution >= 4 is 24.5 Å². The number of halogens is 3. The summed E-state index contributed by atoms with van der Waals surface area (Å²) in [7, 11) is 3.11. The van der Waals surface area contributed by atoms with Crippen molar-refractivity contribution in [2.24, 2.45) is 7.05 Å². The van der Waals surface area contributed by atoms with E-state index in [9.17, 15) is 13.2 Å². The van der Waals surface area contributed by atoms with Crippen LogP contribution >= 0.6 is 13.5 Å². The topological polar surface area (TPSA) is 96.4 Å². The maximum absolute atomic E-state index is 13.1. The zero-order valence-corrected chi connectivity index (χ0v) is 22.3. The van der Waals surface area contributed by atoms with E-state index in [-0.39, 0.29) is 25.4 Å². The summed E-state index contributed by atoms with van der Waals surface area (Å²) in [5.41, 5.74) is 2.78. The van der Waals surface area contributed by atoms with Crippen LogP contribution in [0.1, 0.15) is 48.7 Å². The highest BCUT2D eigenvalue weighted by Crippen LogP contribution is 2.45. The standard InChI is InChI=1S/C26H23F3N8O.H2S/c1-14(15-4-8-17(9-5-15)23-34-19(12-36(23)2)26(27,28)29)37-24-18(11-33-37)10-30-22(35-24)20-21(16-6-7-16)31-13-32-25(20)38-3;/h4-5,8-14,16H,6-7H2,1-3H3;1H2/t14-;/m0./s1. The average Bonchev–Trinajstić information content (AvgIpc) is 3.55. The maximum Gasteiger partial charge on any atom is 0.434 e. The first kappa shape index (κ1) is 26.6. The number of alkyl halides is 3. The van der Waals surface area contributed by atoms with Crippen LogP contribution in [0.2, 0.25) is 0 Å². The average molecular weight is 555 g/mol. The van der Waals surface area contributed by atoms with Gasteiger partial charge in [0.15, 0.2) is 17.2 Å². The number of aromatic nitrogens is 8. The fourth-order valence-corrected chi connectivity index (χ4v) is 4.58. The second-order valence-electron chi connectivity index (χ2n) is 9.34. The predicted octanol–water partition coefficient (Wildman–Crippen LogP) is 5.31. The Kier molecular flexibility index (Phi) is 6.79. The largest absolute Gasteiger partial charge is 0.480 e. The van der Waals surface area contributed by atoms with E-state index in [2.05, 4.69) is 25.0 Å². The molecule has 0 amide bonds. The molecule has 1 aromatic carbocycles. The highest BCUT2D eigenvalue weighted by molar-refractivity contribution is 7.59. The van der Waals surface area contributed by atoms with E-state index in [0.29, 0.717) is 34.4 Å². The van der Waals surface area contributed by atoms with Crippen molar-refractivity contribution in [1.82, 2.24) is 39.3 Å². The third kappa shape index (κ3) is 4.82. The van der Waals surface area contributed by atoms with E-state index >= 15 is 0 Å². The summed E-state index contributed by atoms with van der Waals surface area (Å²) in [5.74, 6) is 1.48. The van der Waals surface area contributed by atoms with Crippen molar-refractivity contribution in [2.75, 3.05) is 7.11 Å². The van der Waals surface area contributed by atoms with Gasteiger partial charge >= 0.3 is 6.18 Å². The first-order valence-corrected chi connectivity index (χ1v) is 12.0. The Morgan fingerprint density at radius 1 is 1.03 bits per heavy atom. The number of hydrogen-bond acceptors (Lipinski definition) is 7. The van der Waals surface area contributed by atoms with E-state index < -0.39 is 11.9 Å². The van der Waals surface area contributed by atoms with Crippen molar-refractivity contribution in [1.29, 1.82) is 0 Å². The van der Waals surface area contributed by atoms with Crippen LogP contribution in [0, 0.1) is 0 Å². The Balaban J connectivity index is 0.00000308. The second-order valence-corrected chi connectivity index (χ2v) is 9.34. The van der Waals surface area contributed by atoms with Gasteiger partial charge in [-0.05, 0) is 25.3 Å². The summed E-state index contributed by atoms with van der Waals surface area (Å²) < 4.78 is 47.9. The van der Waals surface area contributed by atoms with Crippen molar-refractivity contribution in [3.05, 3.63) is 66.1 Å². The molecule has 9 nitrogen and oxygen atoms in total. The summed E-state index contributed by atoms with van der Waals surface area (Å²) in [4.78, 5) is 21.9. The molecule has 0 saturated heterocycles. The van der Waals surface area contributed by atoms with Crippen LogP contribution in [-0.4, -0.2) is 46.4 Å².